The van der Waals surface area contributed by atoms with Crippen LogP contribution in [0, 0.1) is 11.3 Å². The monoisotopic (exact) mass is 385 g/mol. The van der Waals surface area contributed by atoms with Gasteiger partial charge in [0, 0.05) is 18.0 Å². The highest BCUT2D eigenvalue weighted by Gasteiger charge is 2.88. The Morgan fingerprint density at radius 3 is 2.86 bits per heavy atom. The van der Waals surface area contributed by atoms with Gasteiger partial charge in [-0.2, -0.15) is 0 Å². The summed E-state index contributed by atoms with van der Waals surface area (Å²) in [5.74, 6) is -0.629. The lowest BCUT2D eigenvalue weighted by molar-refractivity contribution is -0.944. The number of hydrogen-bond donors (Lipinski definition) is 3. The molecule has 3 saturated heterocycles. The van der Waals surface area contributed by atoms with E-state index < -0.39 is 22.6 Å². The number of aliphatic hydroxyl groups is 2. The molecule has 3 N–H and O–H groups in total. The lowest BCUT2D eigenvalue weighted by Crippen LogP contribution is -2.78. The predicted molar refractivity (Wildman–Crippen MR) is 104 cm³/mol. The first-order valence-corrected chi connectivity index (χ1v) is 10.1. The third-order valence-electron chi connectivity index (χ3n) is 8.64. The van der Waals surface area contributed by atoms with Crippen LogP contribution < -0.4 is 5.32 Å². The number of methoxy groups -OCH3 is 1. The SMILES string of the molecule is C/C=C1/C[N@+]2(C)CC[C@@]34c5ccccc5N[C@]32[C@@H](O)C[C@@H]1[C@]4(CO)C(=O)OC. The Morgan fingerprint density at radius 2 is 2.18 bits per heavy atom. The van der Waals surface area contributed by atoms with Crippen LogP contribution in [0.15, 0.2) is 35.9 Å². The molecule has 0 unspecified atom stereocenters. The number of ether oxygens (including phenoxy) is 1. The van der Waals surface area contributed by atoms with E-state index in [0.29, 0.717) is 17.3 Å². The summed E-state index contributed by atoms with van der Waals surface area (Å²) in [4.78, 5) is 13.5. The van der Waals surface area contributed by atoms with Crippen molar-refractivity contribution in [3.8, 4) is 0 Å². The molecule has 4 aliphatic heterocycles. The molecule has 1 aliphatic carbocycles. The molecular weight excluding hydrogens is 356 g/mol. The molecule has 0 aromatic heterocycles. The van der Waals surface area contributed by atoms with E-state index in [0.717, 1.165) is 29.9 Å². The number of anilines is 1. The topological polar surface area (TPSA) is 78.8 Å². The van der Waals surface area contributed by atoms with Crippen molar-refractivity contribution in [2.75, 3.05) is 39.2 Å². The summed E-state index contributed by atoms with van der Waals surface area (Å²) in [6.07, 6.45) is 2.59. The zero-order valence-electron chi connectivity index (χ0n) is 16.7. The number of carbonyl (C=O) groups is 1. The summed E-state index contributed by atoms with van der Waals surface area (Å²) in [6.45, 7) is 3.26. The minimum atomic E-state index is -1.13. The number of allylic oxidation sites excluding steroid dienone is 1. The van der Waals surface area contributed by atoms with Crippen LogP contribution >= 0.6 is 0 Å². The normalized spacial score (nSPS) is 46.7. The lowest BCUT2D eigenvalue weighted by Gasteiger charge is -2.58. The summed E-state index contributed by atoms with van der Waals surface area (Å²) >= 11 is 0. The molecule has 1 spiro atoms. The first kappa shape index (κ1) is 18.2. The van der Waals surface area contributed by atoms with Gasteiger partial charge in [-0.05, 0) is 30.5 Å². The Hall–Kier alpha value is -1.89. The van der Waals surface area contributed by atoms with Crippen LogP contribution in [0.25, 0.3) is 0 Å². The number of nitrogens with zero attached hydrogens (tertiary/aromatic N) is 1. The second kappa shape index (κ2) is 5.38. The molecule has 150 valence electrons. The third-order valence-corrected chi connectivity index (χ3v) is 8.64. The number of esters is 1. The Morgan fingerprint density at radius 1 is 1.43 bits per heavy atom. The first-order valence-electron chi connectivity index (χ1n) is 10.1. The lowest BCUT2D eigenvalue weighted by atomic mass is 9.45. The van der Waals surface area contributed by atoms with Gasteiger partial charge in [0.25, 0.3) is 0 Å². The van der Waals surface area contributed by atoms with E-state index in [-0.39, 0.29) is 18.5 Å². The molecule has 1 aromatic carbocycles. The van der Waals surface area contributed by atoms with E-state index in [2.05, 4.69) is 24.5 Å². The number of fused-ring (bicyclic) bond motifs is 3. The van der Waals surface area contributed by atoms with Crippen molar-refractivity contribution in [2.45, 2.75) is 36.9 Å². The fourth-order valence-electron chi connectivity index (χ4n) is 7.70. The van der Waals surface area contributed by atoms with Crippen molar-refractivity contribution in [1.82, 2.24) is 0 Å². The van der Waals surface area contributed by atoms with Crippen molar-refractivity contribution in [1.29, 1.82) is 0 Å². The van der Waals surface area contributed by atoms with E-state index in [9.17, 15) is 15.0 Å². The molecule has 5 aliphatic rings. The quantitative estimate of drug-likeness (QED) is 0.407. The van der Waals surface area contributed by atoms with E-state index in [4.69, 9.17) is 4.74 Å². The number of quaternary nitrogens is 1. The Bertz CT molecular complexity index is 900. The smallest absolute Gasteiger partial charge is 0.316 e. The minimum Gasteiger partial charge on any atom is -0.468 e. The van der Waals surface area contributed by atoms with Crippen molar-refractivity contribution >= 4 is 11.7 Å². The highest BCUT2D eigenvalue weighted by molar-refractivity contribution is 5.85. The second-order valence-corrected chi connectivity index (χ2v) is 9.16. The van der Waals surface area contributed by atoms with Gasteiger partial charge in [0.05, 0.1) is 32.7 Å². The molecule has 28 heavy (non-hydrogen) atoms. The summed E-state index contributed by atoms with van der Waals surface area (Å²) in [7, 11) is 3.59. The van der Waals surface area contributed by atoms with Gasteiger partial charge < -0.3 is 20.3 Å². The van der Waals surface area contributed by atoms with Crippen LogP contribution in [0.2, 0.25) is 0 Å². The van der Waals surface area contributed by atoms with Gasteiger partial charge in [0.2, 0.25) is 5.66 Å². The van der Waals surface area contributed by atoms with Crippen molar-refractivity contribution < 1.29 is 24.2 Å². The summed E-state index contributed by atoms with van der Waals surface area (Å²) in [6, 6.07) is 8.04. The highest BCUT2D eigenvalue weighted by atomic mass is 16.5. The number of carbonyl (C=O) groups excluding carboxylic acids is 1. The van der Waals surface area contributed by atoms with Gasteiger partial charge in [-0.15, -0.1) is 0 Å². The van der Waals surface area contributed by atoms with Crippen LogP contribution in [-0.2, 0) is 14.9 Å². The highest BCUT2D eigenvalue weighted by Crippen LogP contribution is 2.74. The van der Waals surface area contributed by atoms with Gasteiger partial charge >= 0.3 is 5.97 Å². The fraction of sp³-hybridized carbons (Fsp3) is 0.591. The molecule has 6 rings (SSSR count). The Kier molecular flexibility index (Phi) is 3.49. The van der Waals surface area contributed by atoms with E-state index >= 15 is 0 Å². The van der Waals surface area contributed by atoms with E-state index in [1.54, 1.807) is 0 Å². The number of para-hydroxylation sites is 1. The maximum Gasteiger partial charge on any atom is 0.316 e. The molecule has 6 heteroatoms. The zero-order valence-corrected chi connectivity index (χ0v) is 16.7. The first-order chi connectivity index (χ1) is 13.4. The second-order valence-electron chi connectivity index (χ2n) is 9.16. The maximum absolute atomic E-state index is 13.5. The average Bonchev–Trinajstić information content (AvgIpc) is 3.12. The number of rotatable bonds is 2. The van der Waals surface area contributed by atoms with E-state index in [1.165, 1.54) is 7.11 Å². The van der Waals surface area contributed by atoms with Crippen LogP contribution in [0.4, 0.5) is 5.69 Å². The fourth-order valence-corrected chi connectivity index (χ4v) is 7.70. The standard InChI is InChI=1S/C22H29N2O4/c1-4-14-12-24(2)10-9-21-15-7-5-6-8-17(15)23-22(21,24)18(26)11-16(14)20(21,13-25)19(27)28-3/h4-8,16,18,23,25-26H,9-13H2,1-3H3/q+1/b14-4-/t16-,18-,20+,21-,22-,24-/m0/s1. The summed E-state index contributed by atoms with van der Waals surface area (Å²) in [5.41, 5.74) is 0.476. The number of aliphatic hydroxyl groups excluding tert-OH is 2. The number of benzene rings is 1. The van der Waals surface area contributed by atoms with Gasteiger partial charge in [-0.25, -0.2) is 0 Å². The third kappa shape index (κ3) is 1.52. The zero-order chi connectivity index (χ0) is 19.9. The molecule has 0 radical (unpaired) electrons. The van der Waals surface area contributed by atoms with Gasteiger partial charge in [0.1, 0.15) is 18.1 Å². The van der Waals surface area contributed by atoms with Crippen molar-refractivity contribution in [3.63, 3.8) is 0 Å². The van der Waals surface area contributed by atoms with Gasteiger partial charge in [-0.1, -0.05) is 24.3 Å². The maximum atomic E-state index is 13.5. The van der Waals surface area contributed by atoms with Crippen LogP contribution in [0.5, 0.6) is 0 Å². The minimum absolute atomic E-state index is 0.258. The Labute approximate surface area is 165 Å². The Balaban J connectivity index is 1.96. The molecular formula is C22H29N2O4+. The van der Waals surface area contributed by atoms with Crippen molar-refractivity contribution in [2.24, 2.45) is 11.3 Å². The molecule has 1 aromatic rings. The predicted octanol–water partition coefficient (Wildman–Crippen LogP) is 1.39. The molecule has 6 nitrogen and oxygen atoms in total. The molecule has 6 atom stereocenters. The molecule has 1 saturated carbocycles. The van der Waals surface area contributed by atoms with Crippen LogP contribution in [-0.4, -0.2) is 66.3 Å². The summed E-state index contributed by atoms with van der Waals surface area (Å²) < 4.78 is 5.98. The van der Waals surface area contributed by atoms with Crippen LogP contribution in [0.1, 0.15) is 25.3 Å². The van der Waals surface area contributed by atoms with Gasteiger partial charge in [-0.3, -0.25) is 9.28 Å². The van der Waals surface area contributed by atoms with Crippen molar-refractivity contribution in [3.05, 3.63) is 41.5 Å². The van der Waals surface area contributed by atoms with Crippen LogP contribution in [0.3, 0.4) is 0 Å². The summed E-state index contributed by atoms with van der Waals surface area (Å²) in [5, 5.41) is 26.2. The number of hydrogen-bond acceptors (Lipinski definition) is 5. The largest absolute Gasteiger partial charge is 0.468 e. The number of likely N-dealkylation sites (N-methyl/N-ethyl adjacent to an activating group) is 1. The van der Waals surface area contributed by atoms with Gasteiger partial charge in [0.15, 0.2) is 0 Å². The molecule has 0 amide bonds. The van der Waals surface area contributed by atoms with E-state index in [1.807, 2.05) is 25.1 Å². The molecule has 4 bridgehead atoms. The number of nitrogens with one attached hydrogen (secondary N) is 1. The average molecular weight is 385 g/mol. The molecule has 4 heterocycles. The molecule has 4 fully saturated rings.